The number of H-pyrrole nitrogens is 1. The number of nitrogens with zero attached hydrogens (tertiary/aromatic N) is 3. The highest BCUT2D eigenvalue weighted by Crippen LogP contribution is 2.31. The molecule has 0 aliphatic carbocycles. The molecule has 7 nitrogen and oxygen atoms in total. The highest BCUT2D eigenvalue weighted by Gasteiger charge is 2.18. The van der Waals surface area contributed by atoms with Crippen molar-refractivity contribution in [3.05, 3.63) is 41.0 Å². The van der Waals surface area contributed by atoms with Crippen LogP contribution in [-0.4, -0.2) is 52.7 Å². The lowest BCUT2D eigenvalue weighted by molar-refractivity contribution is -0.117. The van der Waals surface area contributed by atoms with Crippen molar-refractivity contribution in [2.24, 2.45) is 0 Å². The van der Waals surface area contributed by atoms with Gasteiger partial charge in [-0.25, -0.2) is 0 Å². The molecule has 0 bridgehead atoms. The van der Waals surface area contributed by atoms with Gasteiger partial charge in [0.25, 0.3) is 0 Å². The molecule has 0 atom stereocenters. The number of hydrogen-bond donors (Lipinski definition) is 2. The number of amides is 1. The largest absolute Gasteiger partial charge is 0.497 e. The van der Waals surface area contributed by atoms with Crippen molar-refractivity contribution in [2.75, 3.05) is 32.1 Å². The SMILES string of the molecule is COc1ccc2[nH]cc(C3=CCN(CC(=O)Nc4nnc(C)s4)CC3)c2c1. The third-order valence-electron chi connectivity index (χ3n) is 4.67. The third-order valence-corrected chi connectivity index (χ3v) is 5.42. The molecule has 0 saturated carbocycles. The van der Waals surface area contributed by atoms with Crippen LogP contribution in [-0.2, 0) is 4.79 Å². The standard InChI is InChI=1S/C19H21N5O2S/c1-12-22-23-19(27-12)21-18(25)11-24-7-5-13(6-8-24)16-10-20-17-4-3-14(26-2)9-15(16)17/h3-5,9-10,20H,6-8,11H2,1-2H3,(H,21,23,25). The molecule has 0 spiro atoms. The van der Waals surface area contributed by atoms with Gasteiger partial charge in [-0.1, -0.05) is 17.4 Å². The molecular weight excluding hydrogens is 362 g/mol. The van der Waals surface area contributed by atoms with E-state index in [0.29, 0.717) is 11.7 Å². The number of methoxy groups -OCH3 is 1. The van der Waals surface area contributed by atoms with Gasteiger partial charge in [0.2, 0.25) is 11.0 Å². The molecule has 0 saturated heterocycles. The predicted molar refractivity (Wildman–Crippen MR) is 107 cm³/mol. The molecule has 1 aliphatic rings. The molecule has 1 amide bonds. The van der Waals surface area contributed by atoms with E-state index in [0.717, 1.165) is 35.8 Å². The van der Waals surface area contributed by atoms with Gasteiger partial charge in [0.05, 0.1) is 13.7 Å². The lowest BCUT2D eigenvalue weighted by Crippen LogP contribution is -2.36. The molecule has 0 fully saturated rings. The smallest absolute Gasteiger partial charge is 0.240 e. The highest BCUT2D eigenvalue weighted by molar-refractivity contribution is 7.15. The van der Waals surface area contributed by atoms with E-state index in [1.165, 1.54) is 27.9 Å². The number of anilines is 1. The number of aryl methyl sites for hydroxylation is 1. The van der Waals surface area contributed by atoms with E-state index in [1.807, 2.05) is 19.1 Å². The van der Waals surface area contributed by atoms with Crippen LogP contribution in [0, 0.1) is 6.92 Å². The lowest BCUT2D eigenvalue weighted by Gasteiger charge is -2.25. The Morgan fingerprint density at radius 1 is 1.41 bits per heavy atom. The summed E-state index contributed by atoms with van der Waals surface area (Å²) in [6, 6.07) is 6.05. The van der Waals surface area contributed by atoms with Gasteiger partial charge in [-0.05, 0) is 37.1 Å². The fourth-order valence-corrected chi connectivity index (χ4v) is 3.91. The number of ether oxygens (including phenoxy) is 1. The van der Waals surface area contributed by atoms with Crippen LogP contribution < -0.4 is 10.1 Å². The van der Waals surface area contributed by atoms with E-state index in [4.69, 9.17) is 4.74 Å². The summed E-state index contributed by atoms with van der Waals surface area (Å²) in [7, 11) is 1.68. The number of fused-ring (bicyclic) bond motifs is 1. The minimum atomic E-state index is -0.0557. The summed E-state index contributed by atoms with van der Waals surface area (Å²) in [4.78, 5) is 17.6. The summed E-state index contributed by atoms with van der Waals surface area (Å²) in [5, 5.41) is 13.2. The maximum atomic E-state index is 12.2. The summed E-state index contributed by atoms with van der Waals surface area (Å²) in [6.45, 7) is 3.80. The zero-order valence-corrected chi connectivity index (χ0v) is 16.1. The van der Waals surface area contributed by atoms with Crippen molar-refractivity contribution in [1.29, 1.82) is 0 Å². The number of rotatable bonds is 5. The molecule has 2 N–H and O–H groups in total. The molecular formula is C19H21N5O2S. The molecule has 0 unspecified atom stereocenters. The quantitative estimate of drug-likeness (QED) is 0.707. The molecule has 27 heavy (non-hydrogen) atoms. The highest BCUT2D eigenvalue weighted by atomic mass is 32.1. The summed E-state index contributed by atoms with van der Waals surface area (Å²) in [5.41, 5.74) is 3.60. The van der Waals surface area contributed by atoms with Gasteiger partial charge >= 0.3 is 0 Å². The maximum Gasteiger partial charge on any atom is 0.240 e. The van der Waals surface area contributed by atoms with Crippen molar-refractivity contribution >= 4 is 38.9 Å². The van der Waals surface area contributed by atoms with Crippen LogP contribution in [0.15, 0.2) is 30.5 Å². The lowest BCUT2D eigenvalue weighted by atomic mass is 9.99. The predicted octanol–water partition coefficient (Wildman–Crippen LogP) is 3.06. The second kappa shape index (κ2) is 7.50. The summed E-state index contributed by atoms with van der Waals surface area (Å²) >= 11 is 1.38. The van der Waals surface area contributed by atoms with E-state index in [9.17, 15) is 4.79 Å². The van der Waals surface area contributed by atoms with Crippen LogP contribution in [0.3, 0.4) is 0 Å². The first-order valence-electron chi connectivity index (χ1n) is 8.79. The molecule has 1 aliphatic heterocycles. The fourth-order valence-electron chi connectivity index (χ4n) is 3.30. The van der Waals surface area contributed by atoms with Gasteiger partial charge < -0.3 is 9.72 Å². The van der Waals surface area contributed by atoms with Gasteiger partial charge in [0.15, 0.2) is 0 Å². The van der Waals surface area contributed by atoms with Gasteiger partial charge in [-0.15, -0.1) is 10.2 Å². The maximum absolute atomic E-state index is 12.2. The van der Waals surface area contributed by atoms with Gasteiger partial charge in [-0.2, -0.15) is 0 Å². The Labute approximate surface area is 161 Å². The molecule has 140 valence electrons. The number of nitrogens with one attached hydrogen (secondary N) is 2. The minimum Gasteiger partial charge on any atom is -0.497 e. The second-order valence-corrected chi connectivity index (χ2v) is 7.68. The minimum absolute atomic E-state index is 0.0557. The van der Waals surface area contributed by atoms with Crippen LogP contribution in [0.2, 0.25) is 0 Å². The van der Waals surface area contributed by atoms with E-state index in [2.05, 4.69) is 43.7 Å². The molecule has 1 aromatic carbocycles. The number of carbonyl (C=O) groups excluding carboxylic acids is 1. The topological polar surface area (TPSA) is 83.1 Å². The van der Waals surface area contributed by atoms with Crippen LogP contribution in [0.5, 0.6) is 5.75 Å². The molecule has 3 heterocycles. The Morgan fingerprint density at radius 2 is 2.30 bits per heavy atom. The van der Waals surface area contributed by atoms with E-state index in [1.54, 1.807) is 7.11 Å². The van der Waals surface area contributed by atoms with E-state index >= 15 is 0 Å². The normalized spacial score (nSPS) is 15.0. The summed E-state index contributed by atoms with van der Waals surface area (Å²) in [6.07, 6.45) is 5.15. The average Bonchev–Trinajstić information content (AvgIpc) is 3.27. The van der Waals surface area contributed by atoms with Crippen molar-refractivity contribution in [2.45, 2.75) is 13.3 Å². The Morgan fingerprint density at radius 3 is 3.00 bits per heavy atom. The zero-order chi connectivity index (χ0) is 18.8. The first-order chi connectivity index (χ1) is 13.1. The van der Waals surface area contributed by atoms with Crippen LogP contribution in [0.4, 0.5) is 5.13 Å². The van der Waals surface area contributed by atoms with Crippen LogP contribution in [0.1, 0.15) is 17.0 Å². The first-order valence-corrected chi connectivity index (χ1v) is 9.61. The fraction of sp³-hybridized carbons (Fsp3) is 0.316. The van der Waals surface area contributed by atoms with Crippen LogP contribution >= 0.6 is 11.3 Å². The van der Waals surface area contributed by atoms with E-state index in [-0.39, 0.29) is 5.91 Å². The molecule has 4 rings (SSSR count). The Kier molecular flexibility index (Phi) is 4.91. The molecule has 2 aromatic heterocycles. The molecule has 0 radical (unpaired) electrons. The number of aromatic amines is 1. The van der Waals surface area contributed by atoms with Crippen molar-refractivity contribution < 1.29 is 9.53 Å². The monoisotopic (exact) mass is 383 g/mol. The first kappa shape index (κ1) is 17.7. The number of hydrogen-bond acceptors (Lipinski definition) is 6. The summed E-state index contributed by atoms with van der Waals surface area (Å²) in [5.74, 6) is 0.796. The number of aromatic nitrogens is 3. The Hall–Kier alpha value is -2.71. The average molecular weight is 383 g/mol. The van der Waals surface area contributed by atoms with Gasteiger partial charge in [-0.3, -0.25) is 15.0 Å². The number of carbonyl (C=O) groups is 1. The van der Waals surface area contributed by atoms with Gasteiger partial charge in [0, 0.05) is 35.8 Å². The van der Waals surface area contributed by atoms with E-state index < -0.39 is 0 Å². The van der Waals surface area contributed by atoms with Gasteiger partial charge in [0.1, 0.15) is 10.8 Å². The zero-order valence-electron chi connectivity index (χ0n) is 15.3. The third kappa shape index (κ3) is 3.86. The second-order valence-electron chi connectivity index (χ2n) is 6.50. The summed E-state index contributed by atoms with van der Waals surface area (Å²) < 4.78 is 5.35. The molecule has 8 heteroatoms. The number of benzene rings is 1. The van der Waals surface area contributed by atoms with Crippen molar-refractivity contribution in [3.63, 3.8) is 0 Å². The van der Waals surface area contributed by atoms with Crippen LogP contribution in [0.25, 0.3) is 16.5 Å². The van der Waals surface area contributed by atoms with Crippen molar-refractivity contribution in [1.82, 2.24) is 20.1 Å². The Bertz CT molecular complexity index is 1010. The van der Waals surface area contributed by atoms with Crippen molar-refractivity contribution in [3.8, 4) is 5.75 Å². The Balaban J connectivity index is 1.42. The molecule has 3 aromatic rings.